The van der Waals surface area contributed by atoms with Crippen LogP contribution in [0.3, 0.4) is 0 Å². The summed E-state index contributed by atoms with van der Waals surface area (Å²) >= 11 is 3.49. The van der Waals surface area contributed by atoms with E-state index in [1.165, 1.54) is 25.1 Å². The van der Waals surface area contributed by atoms with E-state index in [4.69, 9.17) is 4.98 Å². The molecule has 4 heteroatoms. The zero-order valence-electron chi connectivity index (χ0n) is 9.93. The van der Waals surface area contributed by atoms with Gasteiger partial charge in [0.05, 0.1) is 11.7 Å². The third-order valence-electron chi connectivity index (χ3n) is 3.55. The normalized spacial score (nSPS) is 21.4. The molecule has 17 heavy (non-hydrogen) atoms. The summed E-state index contributed by atoms with van der Waals surface area (Å²) in [7, 11) is 0. The molecule has 3 heterocycles. The Kier molecular flexibility index (Phi) is 2.92. The first-order valence-corrected chi connectivity index (χ1v) is 6.95. The minimum atomic E-state index is 0.513. The highest BCUT2D eigenvalue weighted by Gasteiger charge is 2.26. The van der Waals surface area contributed by atoms with Gasteiger partial charge in [-0.2, -0.15) is 0 Å². The van der Waals surface area contributed by atoms with Crippen LogP contribution in [-0.4, -0.2) is 27.4 Å². The number of likely N-dealkylation sites (tertiary alicyclic amines) is 1. The van der Waals surface area contributed by atoms with Gasteiger partial charge in [0, 0.05) is 16.9 Å². The summed E-state index contributed by atoms with van der Waals surface area (Å²) in [6.07, 6.45) is 6.75. The Labute approximate surface area is 110 Å². The summed E-state index contributed by atoms with van der Waals surface area (Å²) in [5.74, 6) is 0. The Morgan fingerprint density at radius 2 is 2.41 bits per heavy atom. The summed E-state index contributed by atoms with van der Waals surface area (Å²) in [5.41, 5.74) is 2.24. The van der Waals surface area contributed by atoms with Crippen LogP contribution in [0.4, 0.5) is 0 Å². The predicted molar refractivity (Wildman–Crippen MR) is 72.1 cm³/mol. The second-order valence-corrected chi connectivity index (χ2v) is 5.48. The zero-order chi connectivity index (χ0) is 11.8. The third-order valence-corrected chi connectivity index (χ3v) is 4.05. The Bertz CT molecular complexity index is 534. The summed E-state index contributed by atoms with van der Waals surface area (Å²) in [6.45, 7) is 4.55. The maximum Gasteiger partial charge on any atom is 0.138 e. The minimum Gasteiger partial charge on any atom is -0.307 e. The molecule has 2 aromatic heterocycles. The van der Waals surface area contributed by atoms with Crippen LogP contribution in [0.15, 0.2) is 29.0 Å². The molecule has 0 aromatic carbocycles. The fourth-order valence-corrected chi connectivity index (χ4v) is 3.00. The van der Waals surface area contributed by atoms with Gasteiger partial charge in [-0.05, 0) is 38.1 Å². The van der Waals surface area contributed by atoms with Crippen molar-refractivity contribution >= 4 is 21.6 Å². The number of fused-ring (bicyclic) bond motifs is 1. The Hall–Kier alpha value is -0.870. The minimum absolute atomic E-state index is 0.513. The summed E-state index contributed by atoms with van der Waals surface area (Å²) < 4.78 is 3.19. The number of nitrogens with zero attached hydrogens (tertiary/aromatic N) is 3. The molecule has 0 N–H and O–H groups in total. The predicted octanol–water partition coefficient (Wildman–Crippen LogP) is 3.25. The van der Waals surface area contributed by atoms with E-state index in [1.54, 1.807) is 0 Å². The van der Waals surface area contributed by atoms with Crippen LogP contribution in [-0.2, 0) is 0 Å². The topological polar surface area (TPSA) is 20.5 Å². The van der Waals surface area contributed by atoms with Gasteiger partial charge in [0.25, 0.3) is 0 Å². The molecule has 3 nitrogen and oxygen atoms in total. The number of rotatable bonds is 2. The molecule has 1 aliphatic heterocycles. The number of hydrogen-bond donors (Lipinski definition) is 0. The van der Waals surface area contributed by atoms with Crippen LogP contribution in [0.1, 0.15) is 31.5 Å². The van der Waals surface area contributed by atoms with Gasteiger partial charge in [0.2, 0.25) is 0 Å². The van der Waals surface area contributed by atoms with Crippen LogP contribution in [0.2, 0.25) is 0 Å². The molecule has 0 amide bonds. The van der Waals surface area contributed by atoms with Gasteiger partial charge in [-0.15, -0.1) is 0 Å². The lowest BCUT2D eigenvalue weighted by Gasteiger charge is -2.20. The molecule has 90 valence electrons. The average molecular weight is 294 g/mol. The maximum absolute atomic E-state index is 4.75. The molecule has 1 unspecified atom stereocenters. The molecule has 0 saturated carbocycles. The van der Waals surface area contributed by atoms with Crippen molar-refractivity contribution in [1.82, 2.24) is 14.3 Å². The van der Waals surface area contributed by atoms with Gasteiger partial charge >= 0.3 is 0 Å². The number of aromatic nitrogens is 2. The lowest BCUT2D eigenvalue weighted by atomic mass is 10.1. The third kappa shape index (κ3) is 2.00. The molecule has 3 rings (SSSR count). The first-order valence-electron chi connectivity index (χ1n) is 6.16. The van der Waals surface area contributed by atoms with Crippen molar-refractivity contribution in [2.24, 2.45) is 0 Å². The van der Waals surface area contributed by atoms with Gasteiger partial charge in [0.15, 0.2) is 0 Å². The van der Waals surface area contributed by atoms with Crippen LogP contribution < -0.4 is 0 Å². The maximum atomic E-state index is 4.75. The molecule has 2 aromatic rings. The van der Waals surface area contributed by atoms with E-state index >= 15 is 0 Å². The van der Waals surface area contributed by atoms with Crippen LogP contribution in [0.25, 0.3) is 5.65 Å². The van der Waals surface area contributed by atoms with Gasteiger partial charge in [-0.25, -0.2) is 4.98 Å². The van der Waals surface area contributed by atoms with Crippen molar-refractivity contribution in [3.05, 3.63) is 34.7 Å². The van der Waals surface area contributed by atoms with Crippen molar-refractivity contribution in [3.8, 4) is 0 Å². The number of pyridine rings is 1. The first-order chi connectivity index (χ1) is 8.28. The van der Waals surface area contributed by atoms with Crippen molar-refractivity contribution in [3.63, 3.8) is 0 Å². The second kappa shape index (κ2) is 4.42. The highest BCUT2D eigenvalue weighted by Crippen LogP contribution is 2.31. The SMILES string of the molecule is CCN1CCCC1c1cn2ccc(Br)cc2n1. The molecular weight excluding hydrogens is 278 g/mol. The monoisotopic (exact) mass is 293 g/mol. The number of hydrogen-bond acceptors (Lipinski definition) is 2. The molecule has 0 aliphatic carbocycles. The largest absolute Gasteiger partial charge is 0.307 e. The van der Waals surface area contributed by atoms with E-state index in [0.29, 0.717) is 6.04 Å². The summed E-state index contributed by atoms with van der Waals surface area (Å²) in [5, 5.41) is 0. The highest BCUT2D eigenvalue weighted by molar-refractivity contribution is 9.10. The van der Waals surface area contributed by atoms with E-state index in [2.05, 4.69) is 50.6 Å². The van der Waals surface area contributed by atoms with Crippen molar-refractivity contribution < 1.29 is 0 Å². The highest BCUT2D eigenvalue weighted by atomic mass is 79.9. The molecule has 0 spiro atoms. The van der Waals surface area contributed by atoms with Gasteiger partial charge in [-0.3, -0.25) is 4.90 Å². The van der Waals surface area contributed by atoms with Crippen LogP contribution in [0.5, 0.6) is 0 Å². The fourth-order valence-electron chi connectivity index (χ4n) is 2.68. The molecule has 1 atom stereocenters. The lowest BCUT2D eigenvalue weighted by molar-refractivity contribution is 0.268. The van der Waals surface area contributed by atoms with Crippen molar-refractivity contribution in [2.45, 2.75) is 25.8 Å². The zero-order valence-corrected chi connectivity index (χ0v) is 11.5. The standard InChI is InChI=1S/C13H16BrN3/c1-2-16-6-3-4-12(16)11-9-17-7-5-10(14)8-13(17)15-11/h5,7-9,12H,2-4,6H2,1H3. The van der Waals surface area contributed by atoms with Crippen molar-refractivity contribution in [2.75, 3.05) is 13.1 Å². The molecular formula is C13H16BrN3. The Morgan fingerprint density at radius 3 is 3.24 bits per heavy atom. The molecule has 0 bridgehead atoms. The Morgan fingerprint density at radius 1 is 1.53 bits per heavy atom. The lowest BCUT2D eigenvalue weighted by Crippen LogP contribution is -2.22. The smallest absolute Gasteiger partial charge is 0.138 e. The Balaban J connectivity index is 2.00. The van der Waals surface area contributed by atoms with E-state index < -0.39 is 0 Å². The average Bonchev–Trinajstić information content (AvgIpc) is 2.93. The van der Waals surface area contributed by atoms with E-state index in [-0.39, 0.29) is 0 Å². The molecule has 1 saturated heterocycles. The van der Waals surface area contributed by atoms with Crippen molar-refractivity contribution in [1.29, 1.82) is 0 Å². The van der Waals surface area contributed by atoms with Gasteiger partial charge < -0.3 is 4.40 Å². The summed E-state index contributed by atoms with van der Waals surface area (Å²) in [4.78, 5) is 7.26. The fraction of sp³-hybridized carbons (Fsp3) is 0.462. The van der Waals surface area contributed by atoms with E-state index in [9.17, 15) is 0 Å². The second-order valence-electron chi connectivity index (χ2n) is 4.56. The van der Waals surface area contributed by atoms with Crippen LogP contribution >= 0.6 is 15.9 Å². The van der Waals surface area contributed by atoms with E-state index in [0.717, 1.165) is 16.7 Å². The van der Waals surface area contributed by atoms with E-state index in [1.807, 2.05) is 6.07 Å². The molecule has 0 radical (unpaired) electrons. The quantitative estimate of drug-likeness (QED) is 0.847. The molecule has 1 fully saturated rings. The van der Waals surface area contributed by atoms with Crippen LogP contribution in [0, 0.1) is 0 Å². The summed E-state index contributed by atoms with van der Waals surface area (Å²) in [6, 6.07) is 4.62. The number of halogens is 1. The first kappa shape index (κ1) is 11.2. The van der Waals surface area contributed by atoms with Gasteiger partial charge in [-0.1, -0.05) is 22.9 Å². The number of imidazole rings is 1. The molecule has 1 aliphatic rings. The van der Waals surface area contributed by atoms with Gasteiger partial charge in [0.1, 0.15) is 5.65 Å².